The van der Waals surface area contributed by atoms with Crippen molar-refractivity contribution < 1.29 is 0 Å². The van der Waals surface area contributed by atoms with E-state index in [2.05, 4.69) is 21.2 Å². The molecule has 0 fully saturated rings. The van der Waals surface area contributed by atoms with Gasteiger partial charge in [0.25, 0.3) is 0 Å². The Kier molecular flexibility index (Phi) is 1.22. The molecule has 2 aromatic heterocycles. The maximum absolute atomic E-state index is 4.30. The van der Waals surface area contributed by atoms with E-state index in [4.69, 9.17) is 0 Å². The quantitative estimate of drug-likeness (QED) is 0.511. The topological polar surface area (TPSA) is 38.7 Å². The second kappa shape index (κ2) is 2.36. The fourth-order valence-corrected chi connectivity index (χ4v) is 1.70. The van der Waals surface area contributed by atoms with Crippen LogP contribution in [0.15, 0.2) is 30.6 Å². The van der Waals surface area contributed by atoms with Gasteiger partial charge in [-0.1, -0.05) is 6.07 Å². The highest BCUT2D eigenvalue weighted by Crippen LogP contribution is 2.31. The van der Waals surface area contributed by atoms with Crippen molar-refractivity contribution in [2.24, 2.45) is 0 Å². The molecule has 0 N–H and O–H groups in total. The van der Waals surface area contributed by atoms with Crippen LogP contribution in [0.1, 0.15) is 11.1 Å². The van der Waals surface area contributed by atoms with E-state index in [0.29, 0.717) is 0 Å². The lowest BCUT2D eigenvalue weighted by Gasteiger charge is -1.94. The van der Waals surface area contributed by atoms with Crippen molar-refractivity contribution in [2.45, 2.75) is 6.42 Å². The molecule has 0 atom stereocenters. The van der Waals surface area contributed by atoms with Gasteiger partial charge in [0.15, 0.2) is 0 Å². The Morgan fingerprint density at radius 3 is 2.92 bits per heavy atom. The number of rotatable bonds is 0. The van der Waals surface area contributed by atoms with Crippen LogP contribution < -0.4 is 0 Å². The van der Waals surface area contributed by atoms with Gasteiger partial charge in [0, 0.05) is 18.8 Å². The van der Waals surface area contributed by atoms with Gasteiger partial charge < -0.3 is 0 Å². The van der Waals surface area contributed by atoms with Gasteiger partial charge in [-0.25, -0.2) is 0 Å². The molecular formula is C10H7N3. The predicted molar refractivity (Wildman–Crippen MR) is 48.1 cm³/mol. The van der Waals surface area contributed by atoms with Gasteiger partial charge in [0.05, 0.1) is 5.69 Å². The molecule has 0 saturated carbocycles. The number of fused-ring (bicyclic) bond motifs is 3. The standard InChI is InChI=1S/C10H7N3/c1-2-7-6-8-3-5-12-13-10(8)9(7)11-4-1/h1-5H,6H2. The second-order valence-corrected chi connectivity index (χ2v) is 3.09. The van der Waals surface area contributed by atoms with Gasteiger partial charge in [0.1, 0.15) is 5.69 Å². The number of hydrogen-bond donors (Lipinski definition) is 0. The molecule has 0 aliphatic heterocycles. The summed E-state index contributed by atoms with van der Waals surface area (Å²) >= 11 is 0. The van der Waals surface area contributed by atoms with Gasteiger partial charge in [-0.15, -0.1) is 5.10 Å². The Labute approximate surface area is 75.5 Å². The molecule has 3 nitrogen and oxygen atoms in total. The van der Waals surface area contributed by atoms with Crippen molar-refractivity contribution >= 4 is 0 Å². The minimum Gasteiger partial charge on any atom is -0.254 e. The summed E-state index contributed by atoms with van der Waals surface area (Å²) in [6, 6.07) is 6.05. The van der Waals surface area contributed by atoms with Crippen molar-refractivity contribution in [1.29, 1.82) is 0 Å². The second-order valence-electron chi connectivity index (χ2n) is 3.09. The average molecular weight is 169 g/mol. The van der Waals surface area contributed by atoms with Crippen molar-refractivity contribution in [1.82, 2.24) is 15.2 Å². The zero-order chi connectivity index (χ0) is 8.67. The van der Waals surface area contributed by atoms with Crippen LogP contribution in [-0.4, -0.2) is 15.2 Å². The Balaban J connectivity index is 2.32. The maximum Gasteiger partial charge on any atom is 0.115 e. The van der Waals surface area contributed by atoms with Crippen LogP contribution in [0, 0.1) is 0 Å². The summed E-state index contributed by atoms with van der Waals surface area (Å²) in [5.41, 5.74) is 4.41. The Bertz CT molecular complexity index is 422. The third-order valence-corrected chi connectivity index (χ3v) is 2.30. The first-order valence-corrected chi connectivity index (χ1v) is 4.20. The summed E-state index contributed by atoms with van der Waals surface area (Å²) in [4.78, 5) is 4.30. The third kappa shape index (κ3) is 0.869. The lowest BCUT2D eigenvalue weighted by molar-refractivity contribution is 1.02. The fourth-order valence-electron chi connectivity index (χ4n) is 1.70. The normalized spacial score (nSPS) is 12.3. The lowest BCUT2D eigenvalue weighted by atomic mass is 10.2. The van der Waals surface area contributed by atoms with Crippen LogP contribution in [-0.2, 0) is 6.42 Å². The highest BCUT2D eigenvalue weighted by molar-refractivity contribution is 5.68. The molecule has 0 bridgehead atoms. The average Bonchev–Trinajstić information content (AvgIpc) is 2.56. The van der Waals surface area contributed by atoms with E-state index >= 15 is 0 Å². The van der Waals surface area contributed by atoms with Crippen LogP contribution in [0.5, 0.6) is 0 Å². The SMILES string of the molecule is c1cnc2c(c1)Cc1ccnnc1-2. The van der Waals surface area contributed by atoms with Gasteiger partial charge in [-0.3, -0.25) is 4.98 Å². The van der Waals surface area contributed by atoms with Gasteiger partial charge in [0.2, 0.25) is 0 Å². The van der Waals surface area contributed by atoms with E-state index in [1.807, 2.05) is 12.1 Å². The van der Waals surface area contributed by atoms with Gasteiger partial charge in [-0.2, -0.15) is 5.10 Å². The molecule has 0 amide bonds. The molecule has 0 unspecified atom stereocenters. The van der Waals surface area contributed by atoms with E-state index in [1.54, 1.807) is 12.4 Å². The fraction of sp³-hybridized carbons (Fsp3) is 0.100. The maximum atomic E-state index is 4.30. The highest BCUT2D eigenvalue weighted by atomic mass is 15.1. The summed E-state index contributed by atoms with van der Waals surface area (Å²) in [6.07, 6.45) is 4.46. The van der Waals surface area contributed by atoms with Crippen molar-refractivity contribution in [2.75, 3.05) is 0 Å². The van der Waals surface area contributed by atoms with Crippen molar-refractivity contribution in [3.63, 3.8) is 0 Å². The van der Waals surface area contributed by atoms with Gasteiger partial charge >= 0.3 is 0 Å². The summed E-state index contributed by atoms with van der Waals surface area (Å²) < 4.78 is 0. The molecule has 13 heavy (non-hydrogen) atoms. The molecule has 3 rings (SSSR count). The first-order chi connectivity index (χ1) is 6.45. The van der Waals surface area contributed by atoms with E-state index in [-0.39, 0.29) is 0 Å². The molecular weight excluding hydrogens is 162 g/mol. The van der Waals surface area contributed by atoms with E-state index in [9.17, 15) is 0 Å². The smallest absolute Gasteiger partial charge is 0.115 e. The van der Waals surface area contributed by atoms with Crippen LogP contribution in [0.2, 0.25) is 0 Å². The number of pyridine rings is 1. The first-order valence-electron chi connectivity index (χ1n) is 4.20. The molecule has 3 heteroatoms. The minimum atomic E-state index is 0.939. The monoisotopic (exact) mass is 169 g/mol. The summed E-state index contributed by atoms with van der Waals surface area (Å²) in [5.74, 6) is 0. The Hall–Kier alpha value is -1.77. The number of nitrogens with zero attached hydrogens (tertiary/aromatic N) is 3. The predicted octanol–water partition coefficient (Wildman–Crippen LogP) is 1.44. The van der Waals surface area contributed by atoms with Crippen molar-refractivity contribution in [3.8, 4) is 11.4 Å². The molecule has 62 valence electrons. The molecule has 0 saturated heterocycles. The summed E-state index contributed by atoms with van der Waals surface area (Å²) in [5, 5.41) is 7.95. The molecule has 2 heterocycles. The summed E-state index contributed by atoms with van der Waals surface area (Å²) in [6.45, 7) is 0. The summed E-state index contributed by atoms with van der Waals surface area (Å²) in [7, 11) is 0. The van der Waals surface area contributed by atoms with Crippen LogP contribution in [0.4, 0.5) is 0 Å². The minimum absolute atomic E-state index is 0.939. The highest BCUT2D eigenvalue weighted by Gasteiger charge is 2.19. The number of hydrogen-bond acceptors (Lipinski definition) is 3. The lowest BCUT2D eigenvalue weighted by Crippen LogP contribution is -1.87. The van der Waals surface area contributed by atoms with E-state index < -0.39 is 0 Å². The zero-order valence-corrected chi connectivity index (χ0v) is 6.94. The Morgan fingerprint density at radius 2 is 1.92 bits per heavy atom. The number of aromatic nitrogens is 3. The molecule has 0 radical (unpaired) electrons. The molecule has 0 aromatic carbocycles. The van der Waals surface area contributed by atoms with Crippen LogP contribution in [0.25, 0.3) is 11.4 Å². The Morgan fingerprint density at radius 1 is 1.00 bits per heavy atom. The first kappa shape index (κ1) is 6.71. The third-order valence-electron chi connectivity index (χ3n) is 2.30. The van der Waals surface area contributed by atoms with E-state index in [0.717, 1.165) is 17.8 Å². The van der Waals surface area contributed by atoms with Crippen LogP contribution in [0.3, 0.4) is 0 Å². The molecule has 2 aromatic rings. The molecule has 1 aliphatic rings. The van der Waals surface area contributed by atoms with Crippen molar-refractivity contribution in [3.05, 3.63) is 41.7 Å². The molecule has 1 aliphatic carbocycles. The molecule has 0 spiro atoms. The van der Waals surface area contributed by atoms with Crippen LogP contribution >= 0.6 is 0 Å². The van der Waals surface area contributed by atoms with E-state index in [1.165, 1.54) is 11.1 Å². The zero-order valence-electron chi connectivity index (χ0n) is 6.94. The van der Waals surface area contributed by atoms with Gasteiger partial charge in [-0.05, 0) is 23.3 Å². The largest absolute Gasteiger partial charge is 0.254 e.